The van der Waals surface area contributed by atoms with Crippen LogP contribution in [-0.4, -0.2) is 144 Å². The van der Waals surface area contributed by atoms with Gasteiger partial charge >= 0.3 is 5.97 Å². The van der Waals surface area contributed by atoms with E-state index < -0.39 is 58.4 Å². The highest BCUT2D eigenvalue weighted by molar-refractivity contribution is 6.03. The molecule has 2 aromatic heterocycles. The molecule has 5 N–H and O–H groups in total. The number of methoxy groups -OCH3 is 1. The normalized spacial score (nSPS) is 18.0. The molecule has 3 aliphatic heterocycles. The molecule has 4 aromatic rings. The minimum atomic E-state index is -2.05. The molecule has 4 aliphatic rings. The third-order valence-corrected chi connectivity index (χ3v) is 17.2. The van der Waals surface area contributed by atoms with Crippen LogP contribution in [0.4, 0.5) is 4.39 Å². The van der Waals surface area contributed by atoms with Crippen molar-refractivity contribution in [2.45, 2.75) is 167 Å². The van der Waals surface area contributed by atoms with E-state index in [0.29, 0.717) is 91.5 Å². The van der Waals surface area contributed by atoms with Crippen molar-refractivity contribution < 1.29 is 76.4 Å². The number of unbranched alkanes of at least 4 members (excludes halogenated alkanes) is 3. The number of amides is 6. The second kappa shape index (κ2) is 31.0. The number of aryl methyl sites for hydroxylation is 1. The number of carbonyl (C=O) groups is 10. The van der Waals surface area contributed by atoms with Gasteiger partial charge in [0.05, 0.1) is 54.3 Å². The summed E-state index contributed by atoms with van der Waals surface area (Å²) < 4.78 is 38.0. The number of nitrogens with one attached hydrogen (secondary N) is 4. The Kier molecular flexibility index (Phi) is 23.3. The zero-order valence-corrected chi connectivity index (χ0v) is 51.0. The largest absolute Gasteiger partial charge is 0.458 e. The van der Waals surface area contributed by atoms with Crippen molar-refractivity contribution >= 4 is 69.7 Å². The van der Waals surface area contributed by atoms with Gasteiger partial charge in [-0.3, -0.25) is 52.8 Å². The van der Waals surface area contributed by atoms with Gasteiger partial charge in [-0.05, 0) is 98.9 Å². The molecule has 0 saturated carbocycles. The summed E-state index contributed by atoms with van der Waals surface area (Å²) in [5.41, 5.74) is 2.27. The molecule has 1 saturated heterocycles. The fraction of sp³-hybridized carbons (Fsp3) is 0.538. The van der Waals surface area contributed by atoms with Crippen LogP contribution in [0.1, 0.15) is 155 Å². The van der Waals surface area contributed by atoms with E-state index in [1.807, 2.05) is 0 Å². The number of pyridine rings is 2. The van der Waals surface area contributed by atoms with Crippen LogP contribution in [0.15, 0.2) is 47.3 Å². The third kappa shape index (κ3) is 16.5. The number of ether oxygens (including phenoxy) is 4. The quantitative estimate of drug-likeness (QED) is 0.0162. The van der Waals surface area contributed by atoms with Crippen LogP contribution in [0.25, 0.3) is 22.3 Å². The monoisotopic (exact) mass is 1230 g/mol. The van der Waals surface area contributed by atoms with E-state index in [1.165, 1.54) is 22.6 Å². The first-order valence-electron chi connectivity index (χ1n) is 30.8. The molecule has 8 rings (SSSR count). The maximum atomic E-state index is 15.5. The number of halogens is 1. The van der Waals surface area contributed by atoms with Crippen molar-refractivity contribution in [3.63, 3.8) is 0 Å². The molecule has 2 aromatic carbocycles. The molecule has 1 unspecified atom stereocenters. The van der Waals surface area contributed by atoms with E-state index >= 15 is 4.39 Å². The molecule has 0 radical (unpaired) electrons. The summed E-state index contributed by atoms with van der Waals surface area (Å²) in [6.07, 6.45) is 2.80. The number of nitrogens with zero attached hydrogens (tertiary/aromatic N) is 3. The molecule has 1 aliphatic carbocycles. The maximum Gasteiger partial charge on any atom is 0.343 e. The average Bonchev–Trinajstić information content (AvgIpc) is 1.66. The molecule has 478 valence electrons. The molecule has 0 bridgehead atoms. The Morgan fingerprint density at radius 3 is 2.28 bits per heavy atom. The molecule has 24 heteroatoms. The van der Waals surface area contributed by atoms with Crippen LogP contribution in [-0.2, 0) is 98.5 Å². The third-order valence-electron chi connectivity index (χ3n) is 17.2. The number of fused-ring (bicyclic) bond motifs is 5. The van der Waals surface area contributed by atoms with Gasteiger partial charge in [0, 0.05) is 93.6 Å². The zero-order valence-electron chi connectivity index (χ0n) is 51.0. The Hall–Kier alpha value is -7.93. The van der Waals surface area contributed by atoms with E-state index in [9.17, 15) is 57.8 Å². The number of aromatic nitrogens is 2. The van der Waals surface area contributed by atoms with Gasteiger partial charge in [0.2, 0.25) is 35.4 Å². The van der Waals surface area contributed by atoms with Crippen molar-refractivity contribution in [2.75, 3.05) is 53.4 Å². The molecular formula is C65H80FN7O16. The lowest BCUT2D eigenvalue weighted by atomic mass is 9.76. The number of benzene rings is 2. The van der Waals surface area contributed by atoms with E-state index in [2.05, 4.69) is 21.3 Å². The van der Waals surface area contributed by atoms with Crippen LogP contribution in [0.2, 0.25) is 0 Å². The van der Waals surface area contributed by atoms with E-state index in [4.69, 9.17) is 23.9 Å². The first kappa shape index (κ1) is 67.0. The Bertz CT molecular complexity index is 3420. The smallest absolute Gasteiger partial charge is 0.343 e. The minimum absolute atomic E-state index is 0.00994. The molecule has 23 nitrogen and oxygen atoms in total. The summed E-state index contributed by atoms with van der Waals surface area (Å²) in [4.78, 5) is 151. The van der Waals surface area contributed by atoms with Gasteiger partial charge in [-0.1, -0.05) is 50.6 Å². The van der Waals surface area contributed by atoms with Crippen molar-refractivity contribution in [1.82, 2.24) is 35.7 Å². The molecule has 5 heterocycles. The van der Waals surface area contributed by atoms with Gasteiger partial charge in [0.15, 0.2) is 23.0 Å². The summed E-state index contributed by atoms with van der Waals surface area (Å²) in [6.45, 7) is 5.08. The Morgan fingerprint density at radius 2 is 1.55 bits per heavy atom. The van der Waals surface area contributed by atoms with Gasteiger partial charge in [0.25, 0.3) is 5.56 Å². The lowest BCUT2D eigenvalue weighted by Crippen LogP contribution is -2.44. The molecule has 5 atom stereocenters. The summed E-state index contributed by atoms with van der Waals surface area (Å²) in [6, 6.07) is 9.84. The first-order valence-corrected chi connectivity index (χ1v) is 30.8. The zero-order chi connectivity index (χ0) is 63.9. The van der Waals surface area contributed by atoms with E-state index in [-0.39, 0.29) is 163 Å². The first-order chi connectivity index (χ1) is 42.7. The van der Waals surface area contributed by atoms with Gasteiger partial charge < -0.3 is 49.9 Å². The summed E-state index contributed by atoms with van der Waals surface area (Å²) in [5, 5.41) is 23.0. The number of hydrogen-bond donors (Lipinski definition) is 5. The van der Waals surface area contributed by atoms with Crippen LogP contribution in [0.5, 0.6) is 0 Å². The molecular weight excluding hydrogens is 1150 g/mol. The maximum absolute atomic E-state index is 15.5. The number of cyclic esters (lactones) is 1. The number of esters is 1. The number of likely N-dealkylation sites (tertiary alicyclic amines) is 1. The predicted octanol–water partition coefficient (Wildman–Crippen LogP) is 4.42. The van der Waals surface area contributed by atoms with Crippen LogP contribution >= 0.6 is 0 Å². The highest BCUT2D eigenvalue weighted by Crippen LogP contribution is 2.47. The molecule has 0 spiro atoms. The highest BCUT2D eigenvalue weighted by atomic mass is 19.1. The van der Waals surface area contributed by atoms with E-state index in [1.54, 1.807) is 57.2 Å². The van der Waals surface area contributed by atoms with Crippen molar-refractivity contribution in [1.29, 1.82) is 0 Å². The second-order valence-corrected chi connectivity index (χ2v) is 23.4. The fourth-order valence-corrected chi connectivity index (χ4v) is 12.2. The van der Waals surface area contributed by atoms with Gasteiger partial charge in [-0.25, -0.2) is 14.2 Å². The molecule has 6 amide bonds. The highest BCUT2D eigenvalue weighted by Gasteiger charge is 2.46. The number of aliphatic hydroxyl groups is 1. The number of rotatable bonds is 35. The Balaban J connectivity index is 0.823. The van der Waals surface area contributed by atoms with Crippen LogP contribution < -0.4 is 26.8 Å². The number of ketones is 3. The van der Waals surface area contributed by atoms with Gasteiger partial charge in [0.1, 0.15) is 32.4 Å². The van der Waals surface area contributed by atoms with Crippen LogP contribution in [0.3, 0.4) is 0 Å². The summed E-state index contributed by atoms with van der Waals surface area (Å²) >= 11 is 0. The lowest BCUT2D eigenvalue weighted by molar-refractivity contribution is -0.172. The van der Waals surface area contributed by atoms with E-state index in [0.717, 1.165) is 16.7 Å². The standard InChI is InChI=1S/C65H80FN7O16/c1-5-65(85)46-31-51-61-44(33-73(51)63(83)45(46)35-89-64(65)84)59-41(18-19-43-39(3)47(66)32-50(71-61)60(43)59)30-42(74)34-88-37-68-54(77)22-20-53(76)49(29-40-14-8-6-9-15-40)70-56(79)23-21-52(75)48(16-11-12-24-67-57(80)36-87-27-26-86-4)69-55(78)17-10-7-13-25-72-58(81)28-38(2)62(72)82/h6,8-9,14-15,31-32,38,41,48-49,85H,5,7,10-13,16-30,33-37H2,1-4H3,(H,67,80)(H,68,77)(H,69,78)(H,70,79)/t38?,41-,48+,49+,65+/m1/s1. The second-order valence-electron chi connectivity index (χ2n) is 23.4. The van der Waals surface area contributed by atoms with Gasteiger partial charge in [-0.2, -0.15) is 0 Å². The fourth-order valence-electron chi connectivity index (χ4n) is 12.2. The molecule has 89 heavy (non-hydrogen) atoms. The number of imide groups is 1. The Labute approximate surface area is 514 Å². The predicted molar refractivity (Wildman–Crippen MR) is 320 cm³/mol. The number of Topliss-reactive ketones (excluding diaryl/α,β-unsaturated/α-hetero) is 3. The van der Waals surface area contributed by atoms with Crippen molar-refractivity contribution in [2.24, 2.45) is 5.92 Å². The minimum Gasteiger partial charge on any atom is -0.458 e. The number of carbonyl (C=O) groups excluding carboxylic acids is 10. The molecule has 1 fully saturated rings. The van der Waals surface area contributed by atoms with Gasteiger partial charge in [-0.15, -0.1) is 0 Å². The SMILES string of the molecule is CC[C@@]1(O)C(=O)OCc2c1cc1n(c2=O)Cc2c-1nc1cc(F)c(C)c3c1c2[C@@H](CC(=O)COCNC(=O)CCC(=O)[C@H](Cc1ccccc1)NC(=O)CCC(=O)[C@H](CCCCNC(=O)COCCOC)NC(=O)CCCCCN1C(=O)CC(C)C1=O)CC3. The van der Waals surface area contributed by atoms with Crippen molar-refractivity contribution in [3.8, 4) is 11.4 Å². The topological polar surface area (TPSA) is 314 Å². The van der Waals surface area contributed by atoms with Crippen molar-refractivity contribution in [3.05, 3.63) is 97.6 Å². The van der Waals surface area contributed by atoms with Crippen LogP contribution in [0, 0.1) is 18.7 Å². The lowest BCUT2D eigenvalue weighted by Gasteiger charge is -2.31. The Morgan fingerprint density at radius 1 is 0.820 bits per heavy atom. The summed E-state index contributed by atoms with van der Waals surface area (Å²) in [7, 11) is 1.52. The number of hydrogen-bond acceptors (Lipinski definition) is 17. The average molecular weight is 1230 g/mol. The summed E-state index contributed by atoms with van der Waals surface area (Å²) in [5.74, 6) is -5.45.